The lowest BCUT2D eigenvalue weighted by molar-refractivity contribution is -0.123. The van der Waals surface area contributed by atoms with Crippen LogP contribution in [-0.2, 0) is 14.8 Å². The first-order chi connectivity index (χ1) is 9.34. The quantitative estimate of drug-likeness (QED) is 0.727. The Morgan fingerprint density at radius 1 is 1.45 bits per heavy atom. The highest BCUT2D eigenvalue weighted by Crippen LogP contribution is 2.20. The van der Waals surface area contributed by atoms with Crippen LogP contribution in [0.4, 0.5) is 4.39 Å². The maximum atomic E-state index is 13.6. The number of hydrogen-bond acceptors (Lipinski definition) is 4. The molecule has 0 heterocycles. The molecule has 20 heavy (non-hydrogen) atoms. The number of nitrogens with one attached hydrogen (secondary N) is 1. The third-order valence-electron chi connectivity index (χ3n) is 2.44. The number of benzene rings is 1. The first-order valence-electron chi connectivity index (χ1n) is 6.06. The summed E-state index contributed by atoms with van der Waals surface area (Å²) in [6, 6.07) is 2.98. The van der Waals surface area contributed by atoms with Crippen LogP contribution < -0.4 is 15.2 Å². The van der Waals surface area contributed by atoms with Crippen LogP contribution in [0.15, 0.2) is 23.1 Å². The highest BCUT2D eigenvalue weighted by molar-refractivity contribution is 7.89. The van der Waals surface area contributed by atoms with Gasteiger partial charge in [0.05, 0.1) is 4.90 Å². The lowest BCUT2D eigenvalue weighted by Crippen LogP contribution is -2.29. The zero-order valence-corrected chi connectivity index (χ0v) is 11.9. The Labute approximate surface area is 117 Å². The molecule has 0 fully saturated rings. The fraction of sp³-hybridized carbons (Fsp3) is 0.417. The van der Waals surface area contributed by atoms with Crippen molar-refractivity contribution < 1.29 is 22.3 Å². The van der Waals surface area contributed by atoms with Gasteiger partial charge in [0.2, 0.25) is 10.0 Å². The molecule has 8 heteroatoms. The summed E-state index contributed by atoms with van der Waals surface area (Å²) in [6.07, 6.45) is 1.80. The van der Waals surface area contributed by atoms with Crippen LogP contribution in [0, 0.1) is 5.82 Å². The number of hydrogen-bond donors (Lipinski definition) is 2. The van der Waals surface area contributed by atoms with Gasteiger partial charge in [0.25, 0.3) is 5.91 Å². The van der Waals surface area contributed by atoms with E-state index in [2.05, 4.69) is 5.32 Å². The molecule has 1 amide bonds. The molecule has 0 unspecified atom stereocenters. The van der Waals surface area contributed by atoms with Crippen molar-refractivity contribution in [2.45, 2.75) is 24.7 Å². The number of carbonyl (C=O) groups is 1. The van der Waals surface area contributed by atoms with Crippen LogP contribution in [0.1, 0.15) is 19.8 Å². The van der Waals surface area contributed by atoms with Crippen molar-refractivity contribution >= 4 is 15.9 Å². The number of halogens is 1. The molecule has 1 rings (SSSR count). The second-order valence-electron chi connectivity index (χ2n) is 4.13. The molecule has 0 saturated carbocycles. The van der Waals surface area contributed by atoms with Gasteiger partial charge in [-0.05, 0) is 24.6 Å². The predicted octanol–water partition coefficient (Wildman–Crippen LogP) is 0.768. The summed E-state index contributed by atoms with van der Waals surface area (Å²) in [5.41, 5.74) is 0. The van der Waals surface area contributed by atoms with Crippen molar-refractivity contribution in [3.63, 3.8) is 0 Å². The van der Waals surface area contributed by atoms with Gasteiger partial charge in [-0.2, -0.15) is 0 Å². The molecule has 6 nitrogen and oxygen atoms in total. The summed E-state index contributed by atoms with van der Waals surface area (Å²) in [5, 5.41) is 7.47. The Balaban J connectivity index is 2.59. The van der Waals surface area contributed by atoms with Gasteiger partial charge in [0, 0.05) is 6.54 Å². The predicted molar refractivity (Wildman–Crippen MR) is 71.2 cm³/mol. The summed E-state index contributed by atoms with van der Waals surface area (Å²) in [4.78, 5) is 11.0. The molecule has 3 N–H and O–H groups in total. The molecule has 0 aliphatic rings. The Kier molecular flexibility index (Phi) is 5.90. The van der Waals surface area contributed by atoms with Gasteiger partial charge in [-0.1, -0.05) is 13.3 Å². The lowest BCUT2D eigenvalue weighted by atomic mass is 10.3. The number of rotatable bonds is 7. The Morgan fingerprint density at radius 3 is 2.70 bits per heavy atom. The van der Waals surface area contributed by atoms with Crippen LogP contribution in [0.5, 0.6) is 5.75 Å². The van der Waals surface area contributed by atoms with Gasteiger partial charge < -0.3 is 10.1 Å². The van der Waals surface area contributed by atoms with Crippen molar-refractivity contribution in [2.75, 3.05) is 13.2 Å². The molecule has 0 aliphatic carbocycles. The van der Waals surface area contributed by atoms with Gasteiger partial charge >= 0.3 is 0 Å². The number of primary sulfonamides is 1. The van der Waals surface area contributed by atoms with Crippen LogP contribution >= 0.6 is 0 Å². The standard InChI is InChI=1S/C12H17FN2O4S/c1-2-3-6-15-12(16)8-19-11-5-4-9(7-10(11)13)20(14,17)18/h4-5,7H,2-3,6,8H2,1H3,(H,15,16)(H2,14,17,18). The average molecular weight is 304 g/mol. The number of carbonyl (C=O) groups excluding carboxylic acids is 1. The smallest absolute Gasteiger partial charge is 0.257 e. The molecule has 0 aromatic heterocycles. The molecular weight excluding hydrogens is 287 g/mol. The topological polar surface area (TPSA) is 98.5 Å². The SMILES string of the molecule is CCCCNC(=O)COc1ccc(S(N)(=O)=O)cc1F. The van der Waals surface area contributed by atoms with Gasteiger partial charge in [-0.3, -0.25) is 4.79 Å². The molecule has 0 spiro atoms. The van der Waals surface area contributed by atoms with Gasteiger partial charge in [0.1, 0.15) is 0 Å². The maximum absolute atomic E-state index is 13.6. The minimum atomic E-state index is -3.96. The van der Waals surface area contributed by atoms with E-state index in [1.807, 2.05) is 6.92 Å². The summed E-state index contributed by atoms with van der Waals surface area (Å²) in [7, 11) is -3.96. The summed E-state index contributed by atoms with van der Waals surface area (Å²) < 4.78 is 40.6. The van der Waals surface area contributed by atoms with E-state index in [1.54, 1.807) is 0 Å². The zero-order valence-electron chi connectivity index (χ0n) is 11.1. The molecular formula is C12H17FN2O4S. The zero-order chi connectivity index (χ0) is 15.2. The second kappa shape index (κ2) is 7.20. The summed E-state index contributed by atoms with van der Waals surface area (Å²) >= 11 is 0. The highest BCUT2D eigenvalue weighted by atomic mass is 32.2. The largest absolute Gasteiger partial charge is 0.481 e. The highest BCUT2D eigenvalue weighted by Gasteiger charge is 2.13. The van der Waals surface area contributed by atoms with Gasteiger partial charge in [-0.15, -0.1) is 0 Å². The fourth-order valence-corrected chi connectivity index (χ4v) is 1.90. The van der Waals surface area contributed by atoms with Crippen molar-refractivity contribution in [1.29, 1.82) is 0 Å². The van der Waals surface area contributed by atoms with E-state index in [1.165, 1.54) is 0 Å². The van der Waals surface area contributed by atoms with E-state index in [-0.39, 0.29) is 23.2 Å². The van der Waals surface area contributed by atoms with Crippen LogP contribution in [0.3, 0.4) is 0 Å². The normalized spacial score (nSPS) is 11.2. The molecule has 0 saturated heterocycles. The van der Waals surface area contributed by atoms with E-state index in [0.717, 1.165) is 31.0 Å². The number of unbranched alkanes of at least 4 members (excludes halogenated alkanes) is 1. The van der Waals surface area contributed by atoms with Crippen LogP contribution in [0.2, 0.25) is 0 Å². The molecule has 1 aromatic carbocycles. The van der Waals surface area contributed by atoms with Crippen molar-refractivity contribution in [3.05, 3.63) is 24.0 Å². The average Bonchev–Trinajstić information content (AvgIpc) is 2.36. The number of ether oxygens (including phenoxy) is 1. The molecule has 0 radical (unpaired) electrons. The Hall–Kier alpha value is -1.67. The number of nitrogens with two attached hydrogens (primary N) is 1. The second-order valence-corrected chi connectivity index (χ2v) is 5.69. The van der Waals surface area contributed by atoms with Crippen molar-refractivity contribution in [2.24, 2.45) is 5.14 Å². The minimum absolute atomic E-state index is 0.206. The monoisotopic (exact) mass is 304 g/mol. The fourth-order valence-electron chi connectivity index (χ4n) is 1.37. The lowest BCUT2D eigenvalue weighted by Gasteiger charge is -2.08. The first kappa shape index (κ1) is 16.4. The van der Waals surface area contributed by atoms with Gasteiger partial charge in [0.15, 0.2) is 18.2 Å². The molecule has 0 aliphatic heterocycles. The van der Waals surface area contributed by atoms with Crippen LogP contribution in [0.25, 0.3) is 0 Å². The van der Waals surface area contributed by atoms with E-state index in [4.69, 9.17) is 9.88 Å². The van der Waals surface area contributed by atoms with Crippen molar-refractivity contribution in [1.82, 2.24) is 5.32 Å². The third kappa shape index (κ3) is 5.14. The van der Waals surface area contributed by atoms with E-state index < -0.39 is 15.8 Å². The van der Waals surface area contributed by atoms with Gasteiger partial charge in [-0.25, -0.2) is 17.9 Å². The molecule has 0 bridgehead atoms. The third-order valence-corrected chi connectivity index (χ3v) is 3.35. The van der Waals surface area contributed by atoms with E-state index >= 15 is 0 Å². The maximum Gasteiger partial charge on any atom is 0.257 e. The van der Waals surface area contributed by atoms with Crippen LogP contribution in [-0.4, -0.2) is 27.5 Å². The summed E-state index contributed by atoms with van der Waals surface area (Å²) in [5.74, 6) is -1.46. The molecule has 112 valence electrons. The Morgan fingerprint density at radius 2 is 2.15 bits per heavy atom. The van der Waals surface area contributed by atoms with Crippen molar-refractivity contribution in [3.8, 4) is 5.75 Å². The first-order valence-corrected chi connectivity index (χ1v) is 7.61. The molecule has 0 atom stereocenters. The van der Waals surface area contributed by atoms with E-state index in [9.17, 15) is 17.6 Å². The minimum Gasteiger partial charge on any atom is -0.481 e. The number of amides is 1. The van der Waals surface area contributed by atoms with E-state index in [0.29, 0.717) is 6.54 Å². The number of sulfonamides is 1. The molecule has 1 aromatic rings. The summed E-state index contributed by atoms with van der Waals surface area (Å²) in [6.45, 7) is 2.19. The Bertz CT molecular complexity index is 575.